The molecule has 8 heteroatoms. The third kappa shape index (κ3) is 2.08. The van der Waals surface area contributed by atoms with Crippen LogP contribution in [0, 0.1) is 6.92 Å². The molecule has 0 atom stereocenters. The number of carboxylic acid groups (broad SMARTS) is 1. The summed E-state index contributed by atoms with van der Waals surface area (Å²) in [7, 11) is 0. The topological polar surface area (TPSA) is 86.0 Å². The van der Waals surface area contributed by atoms with E-state index in [0.29, 0.717) is 39.1 Å². The lowest BCUT2D eigenvalue weighted by Gasteiger charge is -2.06. The molecule has 0 bridgehead atoms. The Morgan fingerprint density at radius 1 is 1.30 bits per heavy atom. The third-order valence-electron chi connectivity index (χ3n) is 3.58. The van der Waals surface area contributed by atoms with Gasteiger partial charge in [-0.2, -0.15) is 5.10 Å². The van der Waals surface area contributed by atoms with E-state index in [9.17, 15) is 9.90 Å². The minimum absolute atomic E-state index is 0.0160. The maximum atomic E-state index is 11.5. The van der Waals surface area contributed by atoms with Crippen molar-refractivity contribution in [1.82, 2.24) is 14.6 Å². The zero-order chi connectivity index (χ0) is 16.1. The highest BCUT2D eigenvalue weighted by atomic mass is 35.5. The first kappa shape index (κ1) is 13.8. The molecule has 0 unspecified atom stereocenters. The molecule has 1 aliphatic rings. The molecule has 0 aliphatic carbocycles. The number of carbonyl (C=O) groups is 1. The number of aromatic carboxylic acids is 1. The van der Waals surface area contributed by atoms with Crippen LogP contribution in [0.1, 0.15) is 16.2 Å². The Labute approximate surface area is 135 Å². The average molecular weight is 332 g/mol. The summed E-state index contributed by atoms with van der Waals surface area (Å²) >= 11 is 6.19. The predicted molar refractivity (Wildman–Crippen MR) is 81.3 cm³/mol. The highest BCUT2D eigenvalue weighted by Crippen LogP contribution is 2.36. The lowest BCUT2D eigenvalue weighted by atomic mass is 10.1. The fourth-order valence-corrected chi connectivity index (χ4v) is 2.61. The average Bonchev–Trinajstić information content (AvgIpc) is 3.11. The number of nitrogens with zero attached hydrogens (tertiary/aromatic N) is 3. The van der Waals surface area contributed by atoms with Gasteiger partial charge in [-0.25, -0.2) is 14.3 Å². The van der Waals surface area contributed by atoms with Crippen molar-refractivity contribution in [2.75, 3.05) is 6.79 Å². The first-order valence-electron chi connectivity index (χ1n) is 6.74. The van der Waals surface area contributed by atoms with E-state index in [2.05, 4.69) is 10.1 Å². The van der Waals surface area contributed by atoms with E-state index < -0.39 is 5.97 Å². The first-order valence-corrected chi connectivity index (χ1v) is 7.11. The molecule has 3 heterocycles. The molecule has 0 fully saturated rings. The molecule has 1 N–H and O–H groups in total. The van der Waals surface area contributed by atoms with Crippen LogP contribution >= 0.6 is 11.6 Å². The van der Waals surface area contributed by atoms with Crippen molar-refractivity contribution in [1.29, 1.82) is 0 Å². The van der Waals surface area contributed by atoms with Crippen LogP contribution in [-0.2, 0) is 0 Å². The van der Waals surface area contributed by atoms with Crippen LogP contribution in [0.3, 0.4) is 0 Å². The Kier molecular flexibility index (Phi) is 2.92. The van der Waals surface area contributed by atoms with Crippen LogP contribution in [0.4, 0.5) is 0 Å². The number of aryl methyl sites for hydroxylation is 1. The van der Waals surface area contributed by atoms with Gasteiger partial charge in [0.05, 0.1) is 11.4 Å². The molecule has 23 heavy (non-hydrogen) atoms. The van der Waals surface area contributed by atoms with Gasteiger partial charge in [-0.05, 0) is 31.2 Å². The zero-order valence-corrected chi connectivity index (χ0v) is 12.7. The summed E-state index contributed by atoms with van der Waals surface area (Å²) in [5, 5.41) is 13.9. The van der Waals surface area contributed by atoms with Crippen molar-refractivity contribution in [3.8, 4) is 22.8 Å². The van der Waals surface area contributed by atoms with Crippen LogP contribution < -0.4 is 9.47 Å². The molecular weight excluding hydrogens is 322 g/mol. The monoisotopic (exact) mass is 331 g/mol. The van der Waals surface area contributed by atoms with Gasteiger partial charge in [0.2, 0.25) is 6.79 Å². The van der Waals surface area contributed by atoms with Gasteiger partial charge in [0.15, 0.2) is 22.8 Å². The number of hydrogen-bond acceptors (Lipinski definition) is 5. The van der Waals surface area contributed by atoms with E-state index in [1.165, 1.54) is 10.6 Å². The van der Waals surface area contributed by atoms with Crippen LogP contribution in [-0.4, -0.2) is 32.5 Å². The van der Waals surface area contributed by atoms with Crippen molar-refractivity contribution in [2.24, 2.45) is 0 Å². The van der Waals surface area contributed by atoms with Crippen molar-refractivity contribution in [3.05, 3.63) is 40.7 Å². The minimum Gasteiger partial charge on any atom is -0.477 e. The molecule has 0 amide bonds. The smallest absolute Gasteiger partial charge is 0.354 e. The Hall–Kier alpha value is -2.80. The Morgan fingerprint density at radius 2 is 2.09 bits per heavy atom. The molecule has 7 nitrogen and oxygen atoms in total. The Morgan fingerprint density at radius 3 is 2.87 bits per heavy atom. The number of aromatic nitrogens is 3. The summed E-state index contributed by atoms with van der Waals surface area (Å²) in [4.78, 5) is 16.0. The van der Waals surface area contributed by atoms with Gasteiger partial charge < -0.3 is 14.6 Å². The van der Waals surface area contributed by atoms with Gasteiger partial charge in [-0.1, -0.05) is 11.6 Å². The summed E-state index contributed by atoms with van der Waals surface area (Å²) in [6.45, 7) is 1.86. The number of fused-ring (bicyclic) bond motifs is 2. The molecule has 116 valence electrons. The number of rotatable bonds is 2. The second-order valence-electron chi connectivity index (χ2n) is 5.03. The molecule has 0 saturated carbocycles. The Balaban J connectivity index is 1.97. The van der Waals surface area contributed by atoms with Crippen LogP contribution in [0.25, 0.3) is 16.9 Å². The number of carboxylic acids is 1. The molecule has 2 aromatic heterocycles. The van der Waals surface area contributed by atoms with Crippen molar-refractivity contribution in [2.45, 2.75) is 6.92 Å². The number of halogens is 1. The molecular formula is C15H10ClN3O4. The van der Waals surface area contributed by atoms with Crippen molar-refractivity contribution >= 4 is 23.2 Å². The SMILES string of the molecule is Cc1nn2c(C(=O)O)cc(-c3ccc4c(c3)OCO4)nc2c1Cl. The minimum atomic E-state index is -1.11. The van der Waals surface area contributed by atoms with Gasteiger partial charge >= 0.3 is 5.97 Å². The van der Waals surface area contributed by atoms with Gasteiger partial charge in [-0.3, -0.25) is 0 Å². The first-order chi connectivity index (χ1) is 11.0. The lowest BCUT2D eigenvalue weighted by Crippen LogP contribution is -2.08. The lowest BCUT2D eigenvalue weighted by molar-refractivity contribution is 0.0687. The summed E-state index contributed by atoms with van der Waals surface area (Å²) in [6.07, 6.45) is 0. The van der Waals surface area contributed by atoms with E-state index in [4.69, 9.17) is 21.1 Å². The van der Waals surface area contributed by atoms with E-state index >= 15 is 0 Å². The third-order valence-corrected chi connectivity index (χ3v) is 4.02. The predicted octanol–water partition coefficient (Wildman–Crippen LogP) is 2.79. The maximum absolute atomic E-state index is 11.5. The summed E-state index contributed by atoms with van der Waals surface area (Å²) in [5.41, 5.74) is 1.98. The molecule has 0 saturated heterocycles. The van der Waals surface area contributed by atoms with E-state index in [1.807, 2.05) is 0 Å². The van der Waals surface area contributed by atoms with Gasteiger partial charge in [0.1, 0.15) is 5.02 Å². The molecule has 3 aromatic rings. The van der Waals surface area contributed by atoms with Crippen LogP contribution in [0.2, 0.25) is 5.02 Å². The summed E-state index contributed by atoms with van der Waals surface area (Å²) < 4.78 is 11.8. The number of benzene rings is 1. The standard InChI is InChI=1S/C15H10ClN3O4/c1-7-13(16)14-17-9(5-10(15(20)21)19(14)18-7)8-2-3-11-12(4-8)23-6-22-11/h2-5H,6H2,1H3,(H,20,21). The van der Waals surface area contributed by atoms with E-state index in [0.717, 1.165) is 0 Å². The summed E-state index contributed by atoms with van der Waals surface area (Å²) in [5.74, 6) is 0.127. The van der Waals surface area contributed by atoms with Gasteiger partial charge in [0.25, 0.3) is 0 Å². The van der Waals surface area contributed by atoms with Crippen molar-refractivity contribution in [3.63, 3.8) is 0 Å². The number of hydrogen-bond donors (Lipinski definition) is 1. The maximum Gasteiger partial charge on any atom is 0.354 e. The fraction of sp³-hybridized carbons (Fsp3) is 0.133. The highest BCUT2D eigenvalue weighted by molar-refractivity contribution is 6.34. The zero-order valence-electron chi connectivity index (χ0n) is 11.9. The molecule has 1 aliphatic heterocycles. The Bertz CT molecular complexity index is 967. The van der Waals surface area contributed by atoms with Gasteiger partial charge in [-0.15, -0.1) is 0 Å². The van der Waals surface area contributed by atoms with Gasteiger partial charge in [0, 0.05) is 5.56 Å². The molecule has 4 rings (SSSR count). The van der Waals surface area contributed by atoms with Crippen LogP contribution in [0.15, 0.2) is 24.3 Å². The second kappa shape index (κ2) is 4.85. The quantitative estimate of drug-likeness (QED) is 0.777. The van der Waals surface area contributed by atoms with E-state index in [1.54, 1.807) is 25.1 Å². The largest absolute Gasteiger partial charge is 0.477 e. The normalized spacial score (nSPS) is 12.8. The van der Waals surface area contributed by atoms with Crippen molar-refractivity contribution < 1.29 is 19.4 Å². The summed E-state index contributed by atoms with van der Waals surface area (Å²) in [6, 6.07) is 6.75. The van der Waals surface area contributed by atoms with Crippen LogP contribution in [0.5, 0.6) is 11.5 Å². The highest BCUT2D eigenvalue weighted by Gasteiger charge is 2.20. The molecule has 1 aromatic carbocycles. The van der Waals surface area contributed by atoms with E-state index in [-0.39, 0.29) is 12.5 Å². The molecule has 0 radical (unpaired) electrons. The molecule has 0 spiro atoms. The fourth-order valence-electron chi connectivity index (χ4n) is 2.45. The second-order valence-corrected chi connectivity index (χ2v) is 5.41. The number of ether oxygens (including phenoxy) is 2.